The Hall–Kier alpha value is -1.57. The van der Waals surface area contributed by atoms with Gasteiger partial charge in [-0.2, -0.15) is 0 Å². The van der Waals surface area contributed by atoms with Crippen molar-refractivity contribution in [2.45, 2.75) is 40.5 Å². The van der Waals surface area contributed by atoms with E-state index in [2.05, 4.69) is 27.7 Å². The van der Waals surface area contributed by atoms with E-state index in [9.17, 15) is 4.79 Å². The fourth-order valence-corrected chi connectivity index (χ4v) is 1.13. The zero-order valence-corrected chi connectivity index (χ0v) is 11.2. The van der Waals surface area contributed by atoms with Gasteiger partial charge in [0, 0.05) is 5.56 Å². The number of carbonyl (C=O) groups excluding carboxylic acids is 1. The predicted molar refractivity (Wildman–Crippen MR) is 73.0 cm³/mol. The summed E-state index contributed by atoms with van der Waals surface area (Å²) in [6, 6.07) is 7.48. The molecule has 0 atom stereocenters. The highest BCUT2D eigenvalue weighted by Gasteiger charge is 1.99. The Labute approximate surface area is 104 Å². The van der Waals surface area contributed by atoms with E-state index in [4.69, 9.17) is 4.74 Å². The number of rotatable bonds is 4. The van der Waals surface area contributed by atoms with E-state index in [1.165, 1.54) is 12.0 Å². The van der Waals surface area contributed by atoms with Gasteiger partial charge in [-0.15, -0.1) is 0 Å². The summed E-state index contributed by atoms with van der Waals surface area (Å²) in [7, 11) is 0. The number of para-hydroxylation sites is 1. The fourth-order valence-electron chi connectivity index (χ4n) is 1.13. The van der Waals surface area contributed by atoms with Crippen LogP contribution in [0.3, 0.4) is 0 Å². The number of carbonyl (C=O) groups is 1. The van der Waals surface area contributed by atoms with Gasteiger partial charge in [-0.3, -0.25) is 4.79 Å². The average molecular weight is 234 g/mol. The van der Waals surface area contributed by atoms with Crippen molar-refractivity contribution in [3.63, 3.8) is 0 Å². The standard InChI is InChI=1S/C12H14O2.C3H8/c1-3-10(2)8-11-6-4-5-7-12(11)14-9-13;1-3-2/h4-9H,3H2,1-2H3;3H2,1-2H3/b10-8+;. The maximum atomic E-state index is 10.2. The molecule has 0 aromatic heterocycles. The Kier molecular flexibility index (Phi) is 8.75. The third-order valence-electron chi connectivity index (χ3n) is 2.05. The molecule has 0 aliphatic rings. The van der Waals surface area contributed by atoms with E-state index < -0.39 is 0 Å². The smallest absolute Gasteiger partial charge is 0.298 e. The van der Waals surface area contributed by atoms with Gasteiger partial charge in [0.2, 0.25) is 0 Å². The molecule has 0 saturated carbocycles. The molecule has 17 heavy (non-hydrogen) atoms. The van der Waals surface area contributed by atoms with Gasteiger partial charge in [0.25, 0.3) is 6.47 Å². The van der Waals surface area contributed by atoms with Gasteiger partial charge < -0.3 is 4.74 Å². The number of allylic oxidation sites excluding steroid dienone is 1. The molecule has 0 amide bonds. The second-order valence-electron chi connectivity index (χ2n) is 3.80. The van der Waals surface area contributed by atoms with Crippen molar-refractivity contribution in [1.29, 1.82) is 0 Å². The predicted octanol–water partition coefficient (Wildman–Crippen LogP) is 4.45. The first kappa shape index (κ1) is 15.4. The van der Waals surface area contributed by atoms with Crippen LogP contribution in [0.4, 0.5) is 0 Å². The van der Waals surface area contributed by atoms with Gasteiger partial charge in [-0.25, -0.2) is 0 Å². The topological polar surface area (TPSA) is 26.3 Å². The molecule has 0 aliphatic carbocycles. The summed E-state index contributed by atoms with van der Waals surface area (Å²) >= 11 is 0. The Morgan fingerprint density at radius 3 is 2.35 bits per heavy atom. The van der Waals surface area contributed by atoms with E-state index in [1.807, 2.05) is 24.3 Å². The summed E-state index contributed by atoms with van der Waals surface area (Å²) in [6.07, 6.45) is 4.27. The van der Waals surface area contributed by atoms with Crippen molar-refractivity contribution in [2.24, 2.45) is 0 Å². The molecule has 0 fully saturated rings. The maximum absolute atomic E-state index is 10.2. The van der Waals surface area contributed by atoms with Crippen LogP contribution in [0.2, 0.25) is 0 Å². The summed E-state index contributed by atoms with van der Waals surface area (Å²) in [4.78, 5) is 10.2. The Bertz CT molecular complexity index is 354. The van der Waals surface area contributed by atoms with Crippen molar-refractivity contribution >= 4 is 12.5 Å². The summed E-state index contributed by atoms with van der Waals surface area (Å²) < 4.78 is 4.86. The third-order valence-corrected chi connectivity index (χ3v) is 2.05. The van der Waals surface area contributed by atoms with E-state index in [1.54, 1.807) is 6.07 Å². The molecule has 1 aromatic carbocycles. The Morgan fingerprint density at radius 1 is 1.24 bits per heavy atom. The van der Waals surface area contributed by atoms with Crippen LogP contribution in [0, 0.1) is 0 Å². The second kappa shape index (κ2) is 9.64. The van der Waals surface area contributed by atoms with E-state index >= 15 is 0 Å². The van der Waals surface area contributed by atoms with Gasteiger partial charge in [-0.05, 0) is 19.4 Å². The number of ether oxygens (including phenoxy) is 1. The molecular formula is C15H22O2. The first-order valence-electron chi connectivity index (χ1n) is 6.06. The second-order valence-corrected chi connectivity index (χ2v) is 3.80. The Balaban J connectivity index is 0.000000770. The first-order chi connectivity index (χ1) is 8.19. The van der Waals surface area contributed by atoms with E-state index in [0.717, 1.165) is 12.0 Å². The van der Waals surface area contributed by atoms with Gasteiger partial charge in [0.05, 0.1) is 0 Å². The lowest BCUT2D eigenvalue weighted by molar-refractivity contribution is -0.120. The van der Waals surface area contributed by atoms with Crippen LogP contribution < -0.4 is 4.74 Å². The summed E-state index contributed by atoms with van der Waals surface area (Å²) in [6.45, 7) is 8.85. The zero-order valence-electron chi connectivity index (χ0n) is 11.2. The largest absolute Gasteiger partial charge is 0.428 e. The molecule has 0 aliphatic heterocycles. The molecule has 0 saturated heterocycles. The van der Waals surface area contributed by atoms with Crippen LogP contribution in [0.25, 0.3) is 6.08 Å². The molecule has 2 nitrogen and oxygen atoms in total. The molecule has 1 aromatic rings. The monoisotopic (exact) mass is 234 g/mol. The lowest BCUT2D eigenvalue weighted by Crippen LogP contribution is -1.91. The quantitative estimate of drug-likeness (QED) is 0.719. The molecule has 0 unspecified atom stereocenters. The highest BCUT2D eigenvalue weighted by atomic mass is 16.5. The minimum atomic E-state index is 0.452. The molecule has 0 heterocycles. The van der Waals surface area contributed by atoms with Crippen LogP contribution in [0.1, 0.15) is 46.1 Å². The lowest BCUT2D eigenvalue weighted by atomic mass is 10.1. The van der Waals surface area contributed by atoms with Crippen LogP contribution in [-0.4, -0.2) is 6.47 Å². The molecule has 0 N–H and O–H groups in total. The van der Waals surface area contributed by atoms with Crippen molar-refractivity contribution in [1.82, 2.24) is 0 Å². The van der Waals surface area contributed by atoms with Crippen LogP contribution in [0.5, 0.6) is 5.75 Å². The van der Waals surface area contributed by atoms with Gasteiger partial charge in [0.1, 0.15) is 5.75 Å². The summed E-state index contributed by atoms with van der Waals surface area (Å²) in [5, 5.41) is 0. The highest BCUT2D eigenvalue weighted by molar-refractivity contribution is 5.62. The fraction of sp³-hybridized carbons (Fsp3) is 0.400. The molecule has 0 spiro atoms. The SMILES string of the molecule is CC/C(C)=C/c1ccccc1OC=O.CCC. The summed E-state index contributed by atoms with van der Waals surface area (Å²) in [5.41, 5.74) is 2.20. The molecule has 1 rings (SSSR count). The normalized spacial score (nSPS) is 10.2. The first-order valence-corrected chi connectivity index (χ1v) is 6.06. The van der Waals surface area contributed by atoms with Crippen molar-refractivity contribution in [2.75, 3.05) is 0 Å². The van der Waals surface area contributed by atoms with Crippen LogP contribution in [-0.2, 0) is 4.79 Å². The molecule has 2 heteroatoms. The molecule has 0 bridgehead atoms. The molecular weight excluding hydrogens is 212 g/mol. The number of hydrogen-bond acceptors (Lipinski definition) is 2. The maximum Gasteiger partial charge on any atom is 0.298 e. The van der Waals surface area contributed by atoms with Crippen LogP contribution >= 0.6 is 0 Å². The molecule has 94 valence electrons. The van der Waals surface area contributed by atoms with Crippen LogP contribution in [0.15, 0.2) is 29.8 Å². The zero-order chi connectivity index (χ0) is 13.1. The summed E-state index contributed by atoms with van der Waals surface area (Å²) in [5.74, 6) is 0.607. The number of benzene rings is 1. The van der Waals surface area contributed by atoms with Crippen molar-refractivity contribution < 1.29 is 9.53 Å². The van der Waals surface area contributed by atoms with Gasteiger partial charge in [0.15, 0.2) is 0 Å². The average Bonchev–Trinajstić information content (AvgIpc) is 2.33. The minimum Gasteiger partial charge on any atom is -0.428 e. The highest BCUT2D eigenvalue weighted by Crippen LogP contribution is 2.20. The van der Waals surface area contributed by atoms with Crippen molar-refractivity contribution in [3.8, 4) is 5.75 Å². The van der Waals surface area contributed by atoms with Gasteiger partial charge in [-0.1, -0.05) is 57.0 Å². The van der Waals surface area contributed by atoms with Gasteiger partial charge >= 0.3 is 0 Å². The van der Waals surface area contributed by atoms with Crippen molar-refractivity contribution in [3.05, 3.63) is 35.4 Å². The van der Waals surface area contributed by atoms with E-state index in [-0.39, 0.29) is 0 Å². The third kappa shape index (κ3) is 6.56. The molecule has 0 radical (unpaired) electrons. The lowest BCUT2D eigenvalue weighted by Gasteiger charge is -2.03. The number of hydrogen-bond donors (Lipinski definition) is 0. The Morgan fingerprint density at radius 2 is 1.82 bits per heavy atom. The minimum absolute atomic E-state index is 0.452. The van der Waals surface area contributed by atoms with E-state index in [0.29, 0.717) is 12.2 Å².